The second-order valence-electron chi connectivity index (χ2n) is 6.06. The maximum atomic E-state index is 12.4. The summed E-state index contributed by atoms with van der Waals surface area (Å²) in [5, 5.41) is 19.9. The minimum absolute atomic E-state index is 0.00351. The number of carboxylic acids is 1. The van der Waals surface area contributed by atoms with E-state index in [0.29, 0.717) is 16.7 Å². The highest BCUT2D eigenvalue weighted by Crippen LogP contribution is 2.41. The number of aryl methyl sites for hydroxylation is 1. The van der Waals surface area contributed by atoms with E-state index in [0.717, 1.165) is 0 Å². The molecule has 0 unspecified atom stereocenters. The van der Waals surface area contributed by atoms with Crippen molar-refractivity contribution in [2.45, 2.75) is 13.5 Å². The minimum Gasteiger partial charge on any atom is -0.506 e. The molecule has 2 aromatic carbocycles. The monoisotopic (exact) mass is 366 g/mol. The van der Waals surface area contributed by atoms with Crippen LogP contribution in [0.15, 0.2) is 56.3 Å². The average Bonchev–Trinajstić information content (AvgIpc) is 3.11. The molecule has 2 heterocycles. The van der Waals surface area contributed by atoms with Gasteiger partial charge in [-0.2, -0.15) is 0 Å². The van der Waals surface area contributed by atoms with Crippen LogP contribution >= 0.6 is 0 Å². The number of rotatable bonds is 4. The van der Waals surface area contributed by atoms with Crippen molar-refractivity contribution in [1.82, 2.24) is 0 Å². The molecular formula is C20H14O7. The van der Waals surface area contributed by atoms with Crippen molar-refractivity contribution in [2.24, 2.45) is 0 Å². The first-order chi connectivity index (χ1) is 13.0. The normalized spacial score (nSPS) is 11.1. The zero-order valence-electron chi connectivity index (χ0n) is 14.2. The Kier molecular flexibility index (Phi) is 3.84. The van der Waals surface area contributed by atoms with E-state index in [2.05, 4.69) is 0 Å². The Balaban J connectivity index is 1.86. The van der Waals surface area contributed by atoms with Gasteiger partial charge < -0.3 is 23.8 Å². The number of ether oxygens (including phenoxy) is 1. The molecule has 0 radical (unpaired) electrons. The second kappa shape index (κ2) is 6.21. The van der Waals surface area contributed by atoms with Crippen LogP contribution in [0.3, 0.4) is 0 Å². The molecule has 0 aliphatic carbocycles. The number of phenolic OH excluding ortho intramolecular Hbond substituents is 1. The third-order valence-corrected chi connectivity index (χ3v) is 4.20. The fourth-order valence-electron chi connectivity index (χ4n) is 2.98. The summed E-state index contributed by atoms with van der Waals surface area (Å²) in [4.78, 5) is 23.5. The molecule has 0 aliphatic rings. The van der Waals surface area contributed by atoms with Crippen LogP contribution in [0.25, 0.3) is 21.9 Å². The Hall–Kier alpha value is -3.74. The molecular weight excluding hydrogens is 352 g/mol. The number of fused-ring (bicyclic) bond motifs is 2. The Labute approximate surface area is 152 Å². The Morgan fingerprint density at radius 3 is 2.78 bits per heavy atom. The van der Waals surface area contributed by atoms with Crippen molar-refractivity contribution in [3.63, 3.8) is 0 Å². The van der Waals surface area contributed by atoms with Gasteiger partial charge in [0.05, 0.1) is 17.2 Å². The van der Waals surface area contributed by atoms with Gasteiger partial charge in [0.25, 0.3) is 0 Å². The highest BCUT2D eigenvalue weighted by atomic mass is 16.5. The van der Waals surface area contributed by atoms with Crippen LogP contribution in [0.4, 0.5) is 0 Å². The van der Waals surface area contributed by atoms with Gasteiger partial charge in [-0.3, -0.25) is 4.79 Å². The molecule has 4 rings (SSSR count). The molecule has 0 bridgehead atoms. The zero-order valence-corrected chi connectivity index (χ0v) is 14.2. The predicted octanol–water partition coefficient (Wildman–Crippen LogP) is 3.83. The molecule has 0 fully saturated rings. The number of furan rings is 1. The van der Waals surface area contributed by atoms with E-state index < -0.39 is 11.4 Å². The van der Waals surface area contributed by atoms with Crippen molar-refractivity contribution in [2.75, 3.05) is 0 Å². The maximum absolute atomic E-state index is 12.4. The van der Waals surface area contributed by atoms with Gasteiger partial charge in [0.2, 0.25) is 5.75 Å². The topological polar surface area (TPSA) is 110 Å². The van der Waals surface area contributed by atoms with Crippen molar-refractivity contribution in [1.29, 1.82) is 0 Å². The van der Waals surface area contributed by atoms with Gasteiger partial charge in [0.15, 0.2) is 16.6 Å². The molecule has 2 aromatic heterocycles. The molecule has 7 heteroatoms. The number of hydrogen-bond donors (Lipinski definition) is 2. The number of carboxylic acid groups (broad SMARTS) is 1. The summed E-state index contributed by atoms with van der Waals surface area (Å²) in [7, 11) is 0. The van der Waals surface area contributed by atoms with Crippen LogP contribution in [0.1, 0.15) is 21.7 Å². The van der Waals surface area contributed by atoms with E-state index in [9.17, 15) is 14.7 Å². The molecule has 0 spiro atoms. The lowest BCUT2D eigenvalue weighted by Gasteiger charge is -2.11. The Morgan fingerprint density at radius 1 is 1.19 bits per heavy atom. The minimum atomic E-state index is -1.04. The van der Waals surface area contributed by atoms with Crippen LogP contribution in [-0.4, -0.2) is 16.2 Å². The number of aromatic carboxylic acids is 1. The first kappa shape index (κ1) is 16.7. The number of carbonyl (C=O) groups is 1. The smallest absolute Gasteiger partial charge is 0.335 e. The van der Waals surface area contributed by atoms with Gasteiger partial charge >= 0.3 is 5.97 Å². The van der Waals surface area contributed by atoms with Gasteiger partial charge in [-0.1, -0.05) is 12.1 Å². The molecule has 7 nitrogen and oxygen atoms in total. The quantitative estimate of drug-likeness (QED) is 0.565. The van der Waals surface area contributed by atoms with E-state index in [1.165, 1.54) is 30.5 Å². The third-order valence-electron chi connectivity index (χ3n) is 4.20. The summed E-state index contributed by atoms with van der Waals surface area (Å²) in [6.07, 6.45) is 1.37. The van der Waals surface area contributed by atoms with E-state index in [4.69, 9.17) is 18.7 Å². The van der Waals surface area contributed by atoms with Crippen molar-refractivity contribution >= 4 is 27.9 Å². The van der Waals surface area contributed by atoms with Crippen LogP contribution in [0.2, 0.25) is 0 Å². The Morgan fingerprint density at radius 2 is 2.00 bits per heavy atom. The van der Waals surface area contributed by atoms with E-state index in [1.54, 1.807) is 19.1 Å². The van der Waals surface area contributed by atoms with Crippen LogP contribution < -0.4 is 10.2 Å². The second-order valence-corrected chi connectivity index (χ2v) is 6.06. The molecule has 0 aliphatic heterocycles. The van der Waals surface area contributed by atoms with Crippen molar-refractivity contribution in [3.05, 3.63) is 69.8 Å². The summed E-state index contributed by atoms with van der Waals surface area (Å²) >= 11 is 0. The van der Waals surface area contributed by atoms with Gasteiger partial charge in [0, 0.05) is 6.07 Å². The molecule has 0 saturated heterocycles. The van der Waals surface area contributed by atoms with Gasteiger partial charge in [-0.05, 0) is 30.7 Å². The largest absolute Gasteiger partial charge is 0.506 e. The van der Waals surface area contributed by atoms with Crippen LogP contribution in [0.5, 0.6) is 11.5 Å². The molecule has 0 atom stereocenters. The fourth-order valence-corrected chi connectivity index (χ4v) is 2.98. The van der Waals surface area contributed by atoms with E-state index >= 15 is 0 Å². The number of phenols is 1. The number of hydrogen-bond acceptors (Lipinski definition) is 6. The van der Waals surface area contributed by atoms with E-state index in [1.807, 2.05) is 0 Å². The fraction of sp³-hybridized carbons (Fsp3) is 0.100. The third kappa shape index (κ3) is 2.79. The predicted molar refractivity (Wildman–Crippen MR) is 96.4 cm³/mol. The number of benzene rings is 2. The maximum Gasteiger partial charge on any atom is 0.335 e. The summed E-state index contributed by atoms with van der Waals surface area (Å²) in [6.45, 7) is 1.64. The summed E-state index contributed by atoms with van der Waals surface area (Å²) in [5.74, 6) is -0.746. The van der Waals surface area contributed by atoms with Gasteiger partial charge in [0.1, 0.15) is 23.5 Å². The lowest BCUT2D eigenvalue weighted by atomic mass is 10.1. The Bertz CT molecular complexity index is 1250. The lowest BCUT2D eigenvalue weighted by Crippen LogP contribution is -2.04. The highest BCUT2D eigenvalue weighted by molar-refractivity contribution is 6.06. The van der Waals surface area contributed by atoms with Gasteiger partial charge in [-0.25, -0.2) is 4.79 Å². The standard InChI is InChI=1S/C20H14O7/c1-10-7-14(21)15-16(22)13-5-6-25-17(13)19(18(15)27-10)26-9-11-3-2-4-12(8-11)20(23)24/h2-8,22H,9H2,1H3,(H,23,24). The molecule has 2 N–H and O–H groups in total. The van der Waals surface area contributed by atoms with Crippen LogP contribution in [-0.2, 0) is 6.61 Å². The average molecular weight is 366 g/mol. The van der Waals surface area contributed by atoms with Crippen molar-refractivity contribution < 1.29 is 28.6 Å². The SMILES string of the molecule is Cc1cc(=O)c2c(O)c3ccoc3c(OCc3cccc(C(=O)O)c3)c2o1. The lowest BCUT2D eigenvalue weighted by molar-refractivity contribution is 0.0696. The van der Waals surface area contributed by atoms with Crippen LogP contribution in [0, 0.1) is 6.92 Å². The molecule has 4 aromatic rings. The molecule has 27 heavy (non-hydrogen) atoms. The summed E-state index contributed by atoms with van der Waals surface area (Å²) in [5.41, 5.74) is 0.674. The summed E-state index contributed by atoms with van der Waals surface area (Å²) in [6, 6.07) is 9.12. The molecule has 0 saturated carbocycles. The zero-order chi connectivity index (χ0) is 19.1. The van der Waals surface area contributed by atoms with Gasteiger partial charge in [-0.15, -0.1) is 0 Å². The molecule has 0 amide bonds. The first-order valence-electron chi connectivity index (χ1n) is 8.07. The number of aromatic hydroxyl groups is 1. The summed E-state index contributed by atoms with van der Waals surface area (Å²) < 4.78 is 16.9. The van der Waals surface area contributed by atoms with Crippen molar-refractivity contribution in [3.8, 4) is 11.5 Å². The first-order valence-corrected chi connectivity index (χ1v) is 8.07. The van der Waals surface area contributed by atoms with E-state index in [-0.39, 0.29) is 40.2 Å². The highest BCUT2D eigenvalue weighted by Gasteiger charge is 2.22. The molecule has 136 valence electrons.